The Bertz CT molecular complexity index is 1940. The number of carbonyl (C=O) groups excluding carboxylic acids is 1. The molecule has 0 N–H and O–H groups in total. The van der Waals surface area contributed by atoms with Crippen LogP contribution in [-0.4, -0.2) is 72.9 Å². The smallest absolute Gasteiger partial charge is 0.410 e. The normalized spacial score (nSPS) is 14.5. The van der Waals surface area contributed by atoms with Gasteiger partial charge in [0.25, 0.3) is 10.0 Å². The molecule has 0 radical (unpaired) electrons. The van der Waals surface area contributed by atoms with E-state index < -0.39 is 15.6 Å². The van der Waals surface area contributed by atoms with Gasteiger partial charge in [0.2, 0.25) is 5.88 Å². The van der Waals surface area contributed by atoms with Crippen molar-refractivity contribution in [1.82, 2.24) is 33.6 Å². The highest BCUT2D eigenvalue weighted by molar-refractivity contribution is 7.90. The molecular weight excluding hydrogens is 594 g/mol. The topological polar surface area (TPSA) is 134 Å². The maximum absolute atomic E-state index is 13.8. The Hall–Kier alpha value is -4.78. The second kappa shape index (κ2) is 12.0. The van der Waals surface area contributed by atoms with Crippen molar-refractivity contribution >= 4 is 27.1 Å². The molecule has 0 spiro atoms. The molecule has 1 amide bonds. The molecule has 13 heteroatoms. The first kappa shape index (κ1) is 30.3. The Morgan fingerprint density at radius 1 is 1.00 bits per heavy atom. The number of amides is 1. The number of hydrogen-bond donors (Lipinski definition) is 0. The summed E-state index contributed by atoms with van der Waals surface area (Å²) in [7, 11) is -3.97. The van der Waals surface area contributed by atoms with Gasteiger partial charge in [-0.25, -0.2) is 27.2 Å². The molecule has 5 heterocycles. The monoisotopic (exact) mass is 629 g/mol. The molecule has 0 saturated carbocycles. The largest absolute Gasteiger partial charge is 0.473 e. The van der Waals surface area contributed by atoms with Gasteiger partial charge in [0, 0.05) is 73.1 Å². The summed E-state index contributed by atoms with van der Waals surface area (Å²) in [4.78, 5) is 28.0. The van der Waals surface area contributed by atoms with Crippen LogP contribution in [0.2, 0.25) is 0 Å². The van der Waals surface area contributed by atoms with Gasteiger partial charge in [0.1, 0.15) is 11.7 Å². The molecule has 12 nitrogen and oxygen atoms in total. The Kier molecular flexibility index (Phi) is 8.04. The summed E-state index contributed by atoms with van der Waals surface area (Å²) in [6.45, 7) is 9.26. The van der Waals surface area contributed by atoms with Crippen LogP contribution >= 0.6 is 0 Å². The Labute approximate surface area is 261 Å². The highest BCUT2D eigenvalue weighted by Crippen LogP contribution is 2.34. The van der Waals surface area contributed by atoms with E-state index in [1.165, 1.54) is 16.4 Å². The lowest BCUT2D eigenvalue weighted by Crippen LogP contribution is -2.44. The van der Waals surface area contributed by atoms with Gasteiger partial charge in [0.05, 0.1) is 29.2 Å². The maximum atomic E-state index is 13.8. The van der Waals surface area contributed by atoms with E-state index in [1.807, 2.05) is 44.6 Å². The highest BCUT2D eigenvalue weighted by Gasteiger charge is 2.28. The third-order valence-corrected chi connectivity index (χ3v) is 9.14. The minimum atomic E-state index is -3.97. The van der Waals surface area contributed by atoms with Crippen molar-refractivity contribution in [3.63, 3.8) is 0 Å². The van der Waals surface area contributed by atoms with E-state index in [1.54, 1.807) is 53.8 Å². The predicted molar refractivity (Wildman–Crippen MR) is 168 cm³/mol. The number of nitrogens with zero attached hydrogens (tertiary/aromatic N) is 7. The number of aryl methyl sites for hydroxylation is 1. The Balaban J connectivity index is 1.33. The molecule has 234 valence electrons. The molecule has 4 aromatic heterocycles. The fourth-order valence-corrected chi connectivity index (χ4v) is 6.55. The summed E-state index contributed by atoms with van der Waals surface area (Å²) in [5, 5.41) is 4.96. The van der Waals surface area contributed by atoms with Gasteiger partial charge in [0.15, 0.2) is 5.65 Å². The third-order valence-electron chi connectivity index (χ3n) is 7.47. The fraction of sp³-hybridized carbons (Fsp3) is 0.344. The summed E-state index contributed by atoms with van der Waals surface area (Å²) >= 11 is 0. The summed E-state index contributed by atoms with van der Waals surface area (Å²) in [5.74, 6) is 0.309. The van der Waals surface area contributed by atoms with Crippen molar-refractivity contribution in [3.8, 4) is 28.3 Å². The second-order valence-electron chi connectivity index (χ2n) is 11.9. The molecule has 45 heavy (non-hydrogen) atoms. The molecule has 1 aliphatic rings. The van der Waals surface area contributed by atoms with E-state index in [2.05, 4.69) is 15.1 Å². The van der Waals surface area contributed by atoms with Crippen LogP contribution in [-0.2, 0) is 21.3 Å². The average molecular weight is 630 g/mol. The average Bonchev–Trinajstić information content (AvgIpc) is 3.67. The Morgan fingerprint density at radius 2 is 1.76 bits per heavy atom. The minimum Gasteiger partial charge on any atom is -0.473 e. The molecule has 0 aliphatic carbocycles. The molecule has 0 atom stereocenters. The van der Waals surface area contributed by atoms with E-state index in [-0.39, 0.29) is 22.7 Å². The first-order chi connectivity index (χ1) is 21.5. The van der Waals surface area contributed by atoms with Crippen LogP contribution in [0.4, 0.5) is 4.79 Å². The minimum absolute atomic E-state index is 0.143. The van der Waals surface area contributed by atoms with Gasteiger partial charge < -0.3 is 14.4 Å². The van der Waals surface area contributed by atoms with Crippen molar-refractivity contribution < 1.29 is 22.7 Å². The number of likely N-dealkylation sites (tertiary alicyclic amines) is 1. The molecule has 6 rings (SSSR count). The van der Waals surface area contributed by atoms with Gasteiger partial charge in [-0.1, -0.05) is 18.2 Å². The first-order valence-electron chi connectivity index (χ1n) is 14.8. The van der Waals surface area contributed by atoms with Crippen LogP contribution in [0.5, 0.6) is 5.88 Å². The SMILES string of the molecule is CCn1cc(-c2cnc3c(c2)c(-c2cncc(OC4CCN(C(=O)OC(C)(C)C)CC4)n2)cn3S(=O)(=O)c2ccccc2)cn1. The van der Waals surface area contributed by atoms with E-state index in [0.29, 0.717) is 48.5 Å². The first-order valence-corrected chi connectivity index (χ1v) is 16.3. The third kappa shape index (κ3) is 6.39. The molecule has 0 unspecified atom stereocenters. The van der Waals surface area contributed by atoms with Crippen LogP contribution in [0.25, 0.3) is 33.4 Å². The van der Waals surface area contributed by atoms with Crippen LogP contribution < -0.4 is 4.74 Å². The zero-order valence-corrected chi connectivity index (χ0v) is 26.4. The Morgan fingerprint density at radius 3 is 2.44 bits per heavy atom. The van der Waals surface area contributed by atoms with Crippen molar-refractivity contribution in [2.45, 2.75) is 63.7 Å². The molecule has 1 fully saturated rings. The van der Waals surface area contributed by atoms with E-state index in [0.717, 1.165) is 17.7 Å². The van der Waals surface area contributed by atoms with E-state index in [9.17, 15) is 13.2 Å². The number of aromatic nitrogens is 6. The van der Waals surface area contributed by atoms with E-state index >= 15 is 0 Å². The van der Waals surface area contributed by atoms with Crippen molar-refractivity contribution in [2.75, 3.05) is 13.1 Å². The number of ether oxygens (including phenoxy) is 2. The number of hydrogen-bond acceptors (Lipinski definition) is 9. The maximum Gasteiger partial charge on any atom is 0.410 e. The summed E-state index contributed by atoms with van der Waals surface area (Å²) in [6, 6.07) is 10.1. The van der Waals surface area contributed by atoms with Crippen LogP contribution in [0.3, 0.4) is 0 Å². The molecule has 1 aromatic carbocycles. The zero-order chi connectivity index (χ0) is 31.8. The van der Waals surface area contributed by atoms with Crippen LogP contribution in [0, 0.1) is 0 Å². The lowest BCUT2D eigenvalue weighted by Gasteiger charge is -2.33. The standard InChI is InChI=1S/C32H35N7O5S/c1-5-38-20-23(17-35-38)22-15-26-27(21-39(30(26)34-16-22)45(41,42)25-9-7-6-8-10-25)28-18-33-19-29(36-28)43-24-11-13-37(14-12-24)31(40)44-32(2,3)4/h6-10,15-21,24H,5,11-14H2,1-4H3. The zero-order valence-electron chi connectivity index (χ0n) is 25.6. The molecule has 1 saturated heterocycles. The summed E-state index contributed by atoms with van der Waals surface area (Å²) in [5.41, 5.74) is 2.33. The number of carbonyl (C=O) groups is 1. The van der Waals surface area contributed by atoms with Crippen molar-refractivity contribution in [3.05, 3.63) is 73.6 Å². The lowest BCUT2D eigenvalue weighted by molar-refractivity contribution is 0.0123. The number of fused-ring (bicyclic) bond motifs is 1. The molecule has 0 bridgehead atoms. The van der Waals surface area contributed by atoms with Gasteiger partial charge in [-0.05, 0) is 45.9 Å². The number of benzene rings is 1. The van der Waals surface area contributed by atoms with Gasteiger partial charge >= 0.3 is 6.09 Å². The molecular formula is C32H35N7O5S. The molecule has 1 aliphatic heterocycles. The number of piperidine rings is 1. The van der Waals surface area contributed by atoms with Gasteiger partial charge in [-0.15, -0.1) is 0 Å². The fourth-order valence-electron chi connectivity index (χ4n) is 5.20. The molecule has 5 aromatic rings. The predicted octanol–water partition coefficient (Wildman–Crippen LogP) is 5.39. The van der Waals surface area contributed by atoms with Crippen molar-refractivity contribution in [2.24, 2.45) is 0 Å². The van der Waals surface area contributed by atoms with Crippen LogP contribution in [0.1, 0.15) is 40.5 Å². The van der Waals surface area contributed by atoms with Gasteiger partial charge in [-0.3, -0.25) is 9.67 Å². The lowest BCUT2D eigenvalue weighted by atomic mass is 10.1. The highest BCUT2D eigenvalue weighted by atomic mass is 32.2. The van der Waals surface area contributed by atoms with Crippen molar-refractivity contribution in [1.29, 1.82) is 0 Å². The second-order valence-corrected chi connectivity index (χ2v) is 13.7. The quantitative estimate of drug-likeness (QED) is 0.232. The van der Waals surface area contributed by atoms with Crippen LogP contribution in [0.15, 0.2) is 78.5 Å². The van der Waals surface area contributed by atoms with E-state index in [4.69, 9.17) is 14.5 Å². The summed E-state index contributed by atoms with van der Waals surface area (Å²) < 4.78 is 42.3. The number of pyridine rings is 1. The number of rotatable bonds is 7. The summed E-state index contributed by atoms with van der Waals surface area (Å²) in [6.07, 6.45) is 10.7. The van der Waals surface area contributed by atoms with Gasteiger partial charge in [-0.2, -0.15) is 5.10 Å².